The fraction of sp³-hybridized carbons (Fsp3) is 0.583. The molecule has 1 atom stereocenters. The first-order chi connectivity index (χ1) is 8.88. The summed E-state index contributed by atoms with van der Waals surface area (Å²) in [5, 5.41) is 14.5. The first kappa shape index (κ1) is 15.4. The third kappa shape index (κ3) is 5.69. The number of aromatic nitrogens is 1. The summed E-state index contributed by atoms with van der Waals surface area (Å²) in [5.74, 6) is -0.814. The van der Waals surface area contributed by atoms with Gasteiger partial charge in [-0.2, -0.15) is 0 Å². The van der Waals surface area contributed by atoms with Gasteiger partial charge in [-0.25, -0.2) is 9.78 Å². The van der Waals surface area contributed by atoms with Crippen molar-refractivity contribution in [3.05, 3.63) is 10.6 Å². The molecule has 0 saturated heterocycles. The van der Waals surface area contributed by atoms with Gasteiger partial charge in [-0.05, 0) is 33.6 Å². The van der Waals surface area contributed by atoms with E-state index in [0.717, 1.165) is 10.6 Å². The summed E-state index contributed by atoms with van der Waals surface area (Å²) in [6.07, 6.45) is 1.31. The molecule has 2 amide bonds. The number of hydrogen-bond donors (Lipinski definition) is 3. The van der Waals surface area contributed by atoms with Gasteiger partial charge in [0.25, 0.3) is 0 Å². The smallest absolute Gasteiger partial charge is 0.321 e. The number of aliphatic carboxylic acids is 1. The summed E-state index contributed by atoms with van der Waals surface area (Å²) in [6.45, 7) is 5.69. The fourth-order valence-corrected chi connectivity index (χ4v) is 2.32. The van der Waals surface area contributed by atoms with Crippen molar-refractivity contribution in [2.45, 2.75) is 46.1 Å². The molecule has 106 valence electrons. The van der Waals surface area contributed by atoms with Crippen molar-refractivity contribution in [1.82, 2.24) is 10.3 Å². The molecule has 0 spiro atoms. The molecule has 1 heterocycles. The Kier molecular flexibility index (Phi) is 5.75. The van der Waals surface area contributed by atoms with Crippen LogP contribution in [0.25, 0.3) is 0 Å². The average Bonchev–Trinajstić information content (AvgIpc) is 2.56. The molecule has 1 unspecified atom stereocenters. The Labute approximate surface area is 116 Å². The van der Waals surface area contributed by atoms with Gasteiger partial charge in [-0.15, -0.1) is 11.3 Å². The van der Waals surface area contributed by atoms with Crippen molar-refractivity contribution in [1.29, 1.82) is 0 Å². The standard InChI is InChI=1S/C12H19N3O3S/c1-7(5-4-6-10(16)17)13-11(18)15-12-14-8(2)9(3)19-12/h7H,4-6H2,1-3H3,(H,16,17)(H2,13,14,15,18). The number of rotatable bonds is 6. The number of thiazole rings is 1. The quantitative estimate of drug-likeness (QED) is 0.749. The van der Waals surface area contributed by atoms with E-state index >= 15 is 0 Å². The van der Waals surface area contributed by atoms with E-state index in [9.17, 15) is 9.59 Å². The van der Waals surface area contributed by atoms with E-state index in [0.29, 0.717) is 18.0 Å². The van der Waals surface area contributed by atoms with Gasteiger partial charge in [0.2, 0.25) is 0 Å². The fourth-order valence-electron chi connectivity index (χ4n) is 1.51. The second-order valence-corrected chi connectivity index (χ2v) is 5.65. The lowest BCUT2D eigenvalue weighted by atomic mass is 10.1. The zero-order valence-corrected chi connectivity index (χ0v) is 12.1. The normalized spacial score (nSPS) is 11.9. The predicted molar refractivity (Wildman–Crippen MR) is 74.7 cm³/mol. The molecule has 0 aliphatic rings. The molecule has 0 bridgehead atoms. The summed E-state index contributed by atoms with van der Waals surface area (Å²) >= 11 is 1.43. The summed E-state index contributed by atoms with van der Waals surface area (Å²) in [4.78, 5) is 27.3. The van der Waals surface area contributed by atoms with Gasteiger partial charge in [0.1, 0.15) is 0 Å². The number of amides is 2. The summed E-state index contributed by atoms with van der Waals surface area (Å²) in [6, 6.07) is -0.377. The Bertz CT molecular complexity index is 440. The molecule has 0 aliphatic heterocycles. The van der Waals surface area contributed by atoms with E-state index in [-0.39, 0.29) is 18.5 Å². The number of nitrogens with one attached hydrogen (secondary N) is 2. The molecule has 1 rings (SSSR count). The number of urea groups is 1. The molecule has 0 aromatic carbocycles. The molecule has 6 nitrogen and oxygen atoms in total. The maximum atomic E-state index is 11.7. The minimum atomic E-state index is -0.814. The second kappa shape index (κ2) is 7.08. The number of nitrogens with zero attached hydrogens (tertiary/aromatic N) is 1. The van der Waals surface area contributed by atoms with Gasteiger partial charge in [0.15, 0.2) is 5.13 Å². The van der Waals surface area contributed by atoms with Crippen LogP contribution in [0.5, 0.6) is 0 Å². The van der Waals surface area contributed by atoms with Gasteiger partial charge in [0, 0.05) is 17.3 Å². The molecular formula is C12H19N3O3S. The van der Waals surface area contributed by atoms with Crippen LogP contribution in [0.3, 0.4) is 0 Å². The number of aryl methyl sites for hydroxylation is 2. The Morgan fingerprint density at radius 2 is 2.11 bits per heavy atom. The molecule has 0 fully saturated rings. The molecule has 1 aromatic heterocycles. The molecule has 0 aliphatic carbocycles. The molecule has 1 aromatic rings. The maximum absolute atomic E-state index is 11.7. The van der Waals surface area contributed by atoms with Gasteiger partial charge in [0.05, 0.1) is 5.69 Å². The lowest BCUT2D eigenvalue weighted by molar-refractivity contribution is -0.137. The van der Waals surface area contributed by atoms with Crippen molar-refractivity contribution < 1.29 is 14.7 Å². The monoisotopic (exact) mass is 285 g/mol. The highest BCUT2D eigenvalue weighted by molar-refractivity contribution is 7.15. The molecular weight excluding hydrogens is 266 g/mol. The Morgan fingerprint density at radius 1 is 1.42 bits per heavy atom. The number of carbonyl (C=O) groups is 2. The van der Waals surface area contributed by atoms with Gasteiger partial charge in [-0.3, -0.25) is 10.1 Å². The molecule has 0 radical (unpaired) electrons. The predicted octanol–water partition coefficient (Wildman–Crippen LogP) is 2.52. The van der Waals surface area contributed by atoms with Crippen LogP contribution < -0.4 is 10.6 Å². The van der Waals surface area contributed by atoms with Gasteiger partial charge in [-0.1, -0.05) is 0 Å². The number of carboxylic acid groups (broad SMARTS) is 1. The Balaban J connectivity index is 2.32. The van der Waals surface area contributed by atoms with Crippen LogP contribution in [0, 0.1) is 13.8 Å². The number of carboxylic acids is 1. The van der Waals surface area contributed by atoms with E-state index in [1.165, 1.54) is 11.3 Å². The van der Waals surface area contributed by atoms with Crippen molar-refractivity contribution in [2.75, 3.05) is 5.32 Å². The third-order valence-corrected chi connectivity index (χ3v) is 3.64. The van der Waals surface area contributed by atoms with Crippen LogP contribution in [-0.2, 0) is 4.79 Å². The summed E-state index contributed by atoms with van der Waals surface area (Å²) in [7, 11) is 0. The van der Waals surface area contributed by atoms with E-state index in [1.54, 1.807) is 0 Å². The Hall–Kier alpha value is -1.63. The van der Waals surface area contributed by atoms with Crippen LogP contribution in [-0.4, -0.2) is 28.1 Å². The van der Waals surface area contributed by atoms with Crippen LogP contribution in [0.4, 0.5) is 9.93 Å². The molecule has 7 heteroatoms. The first-order valence-corrected chi connectivity index (χ1v) is 6.93. The van der Waals surface area contributed by atoms with Crippen molar-refractivity contribution in [2.24, 2.45) is 0 Å². The SMILES string of the molecule is Cc1nc(NC(=O)NC(C)CCCC(=O)O)sc1C. The highest BCUT2D eigenvalue weighted by atomic mass is 32.1. The lowest BCUT2D eigenvalue weighted by Gasteiger charge is -2.13. The zero-order chi connectivity index (χ0) is 14.4. The minimum Gasteiger partial charge on any atom is -0.481 e. The van der Waals surface area contributed by atoms with Crippen LogP contribution in [0.2, 0.25) is 0 Å². The van der Waals surface area contributed by atoms with Crippen molar-refractivity contribution in [3.8, 4) is 0 Å². The molecule has 0 saturated carbocycles. The first-order valence-electron chi connectivity index (χ1n) is 6.12. The molecule has 19 heavy (non-hydrogen) atoms. The molecule has 3 N–H and O–H groups in total. The Morgan fingerprint density at radius 3 is 2.63 bits per heavy atom. The van der Waals surface area contributed by atoms with E-state index < -0.39 is 5.97 Å². The summed E-state index contributed by atoms with van der Waals surface area (Å²) < 4.78 is 0. The van der Waals surface area contributed by atoms with E-state index in [4.69, 9.17) is 5.11 Å². The third-order valence-electron chi connectivity index (χ3n) is 2.65. The average molecular weight is 285 g/mol. The largest absolute Gasteiger partial charge is 0.481 e. The lowest BCUT2D eigenvalue weighted by Crippen LogP contribution is -2.36. The van der Waals surface area contributed by atoms with Crippen LogP contribution in [0.1, 0.15) is 36.8 Å². The van der Waals surface area contributed by atoms with E-state index in [1.807, 2.05) is 20.8 Å². The number of hydrogen-bond acceptors (Lipinski definition) is 4. The van der Waals surface area contributed by atoms with Crippen LogP contribution >= 0.6 is 11.3 Å². The topological polar surface area (TPSA) is 91.3 Å². The maximum Gasteiger partial charge on any atom is 0.321 e. The van der Waals surface area contributed by atoms with Gasteiger partial charge < -0.3 is 10.4 Å². The second-order valence-electron chi connectivity index (χ2n) is 4.45. The van der Waals surface area contributed by atoms with Gasteiger partial charge >= 0.3 is 12.0 Å². The minimum absolute atomic E-state index is 0.0680. The van der Waals surface area contributed by atoms with Crippen molar-refractivity contribution >= 4 is 28.5 Å². The van der Waals surface area contributed by atoms with Crippen LogP contribution in [0.15, 0.2) is 0 Å². The highest BCUT2D eigenvalue weighted by Crippen LogP contribution is 2.20. The number of carbonyl (C=O) groups excluding carboxylic acids is 1. The van der Waals surface area contributed by atoms with Crippen molar-refractivity contribution in [3.63, 3.8) is 0 Å². The van der Waals surface area contributed by atoms with E-state index in [2.05, 4.69) is 15.6 Å². The zero-order valence-electron chi connectivity index (χ0n) is 11.3. The highest BCUT2D eigenvalue weighted by Gasteiger charge is 2.10. The summed E-state index contributed by atoms with van der Waals surface area (Å²) in [5.41, 5.74) is 0.912. The number of anilines is 1.